The number of imidazole rings is 1. The van der Waals surface area contributed by atoms with Gasteiger partial charge < -0.3 is 14.6 Å². The molecule has 0 amide bonds. The van der Waals surface area contributed by atoms with Crippen molar-refractivity contribution >= 4 is 28.7 Å². The monoisotopic (exact) mass is 339 g/mol. The number of hydrogen-bond donors (Lipinski definition) is 1. The SMILES string of the molecule is CCSc1ccc2nc(N3CCOC(c4ccccc4)C3)[nH]c2c1. The molecule has 0 radical (unpaired) electrons. The van der Waals surface area contributed by atoms with Gasteiger partial charge in [0.25, 0.3) is 0 Å². The van der Waals surface area contributed by atoms with Gasteiger partial charge in [-0.1, -0.05) is 37.3 Å². The number of hydrogen-bond acceptors (Lipinski definition) is 4. The zero-order valence-electron chi connectivity index (χ0n) is 13.7. The molecule has 4 nitrogen and oxygen atoms in total. The summed E-state index contributed by atoms with van der Waals surface area (Å²) < 4.78 is 5.95. The quantitative estimate of drug-likeness (QED) is 0.721. The fourth-order valence-corrected chi connectivity index (χ4v) is 3.79. The molecule has 1 N–H and O–H groups in total. The number of anilines is 1. The van der Waals surface area contributed by atoms with Gasteiger partial charge in [-0.15, -0.1) is 11.8 Å². The highest BCUT2D eigenvalue weighted by Gasteiger charge is 2.23. The van der Waals surface area contributed by atoms with Gasteiger partial charge in [-0.05, 0) is 29.5 Å². The molecule has 5 heteroatoms. The smallest absolute Gasteiger partial charge is 0.204 e. The van der Waals surface area contributed by atoms with Crippen LogP contribution in [0.5, 0.6) is 0 Å². The lowest BCUT2D eigenvalue weighted by molar-refractivity contribution is 0.0393. The Kier molecular flexibility index (Phi) is 4.45. The van der Waals surface area contributed by atoms with Crippen molar-refractivity contribution in [3.8, 4) is 0 Å². The second kappa shape index (κ2) is 6.87. The van der Waals surface area contributed by atoms with E-state index < -0.39 is 0 Å². The predicted molar refractivity (Wildman–Crippen MR) is 99.8 cm³/mol. The first-order chi connectivity index (χ1) is 11.8. The maximum absolute atomic E-state index is 5.95. The highest BCUT2D eigenvalue weighted by Crippen LogP contribution is 2.27. The number of morpholine rings is 1. The summed E-state index contributed by atoms with van der Waals surface area (Å²) in [6.07, 6.45) is 0.0966. The molecule has 4 rings (SSSR count). The third-order valence-electron chi connectivity index (χ3n) is 4.29. The van der Waals surface area contributed by atoms with Crippen LogP contribution in [0.25, 0.3) is 11.0 Å². The first-order valence-electron chi connectivity index (χ1n) is 8.37. The van der Waals surface area contributed by atoms with Gasteiger partial charge in [0.15, 0.2) is 0 Å². The molecule has 24 heavy (non-hydrogen) atoms. The highest BCUT2D eigenvalue weighted by molar-refractivity contribution is 7.99. The summed E-state index contributed by atoms with van der Waals surface area (Å²) in [5, 5.41) is 0. The Morgan fingerprint density at radius 2 is 2.12 bits per heavy atom. The van der Waals surface area contributed by atoms with Crippen LogP contribution in [0.15, 0.2) is 53.4 Å². The van der Waals surface area contributed by atoms with E-state index in [0.717, 1.165) is 35.8 Å². The lowest BCUT2D eigenvalue weighted by atomic mass is 10.1. The first kappa shape index (κ1) is 15.5. The standard InChI is InChI=1S/C19H21N3OS/c1-2-24-15-8-9-16-17(12-15)21-19(20-16)22-10-11-23-18(13-22)14-6-4-3-5-7-14/h3-9,12,18H,2,10-11,13H2,1H3,(H,20,21). The Balaban J connectivity index is 1.57. The maximum Gasteiger partial charge on any atom is 0.204 e. The van der Waals surface area contributed by atoms with E-state index in [1.165, 1.54) is 10.5 Å². The van der Waals surface area contributed by atoms with Crippen molar-refractivity contribution in [2.45, 2.75) is 17.9 Å². The van der Waals surface area contributed by atoms with Crippen LogP contribution in [0, 0.1) is 0 Å². The van der Waals surface area contributed by atoms with Crippen LogP contribution in [0.4, 0.5) is 5.95 Å². The van der Waals surface area contributed by atoms with Gasteiger partial charge in [-0.25, -0.2) is 4.98 Å². The lowest BCUT2D eigenvalue weighted by Crippen LogP contribution is -2.39. The number of aromatic amines is 1. The summed E-state index contributed by atoms with van der Waals surface area (Å²) in [4.78, 5) is 11.8. The van der Waals surface area contributed by atoms with E-state index >= 15 is 0 Å². The van der Waals surface area contributed by atoms with E-state index in [2.05, 4.69) is 59.3 Å². The number of nitrogens with zero attached hydrogens (tertiary/aromatic N) is 2. The number of thioether (sulfide) groups is 1. The minimum Gasteiger partial charge on any atom is -0.370 e. The number of H-pyrrole nitrogens is 1. The van der Waals surface area contributed by atoms with Gasteiger partial charge in [0.2, 0.25) is 5.95 Å². The number of nitrogens with one attached hydrogen (secondary N) is 1. The van der Waals surface area contributed by atoms with Crippen LogP contribution in [-0.2, 0) is 4.74 Å². The van der Waals surface area contributed by atoms with Crippen molar-refractivity contribution in [3.63, 3.8) is 0 Å². The molecule has 2 aromatic carbocycles. The third-order valence-corrected chi connectivity index (χ3v) is 5.17. The van der Waals surface area contributed by atoms with E-state index in [-0.39, 0.29) is 6.10 Å². The first-order valence-corrected chi connectivity index (χ1v) is 9.36. The van der Waals surface area contributed by atoms with E-state index in [1.54, 1.807) is 0 Å². The molecule has 0 spiro atoms. The summed E-state index contributed by atoms with van der Waals surface area (Å²) in [7, 11) is 0. The normalized spacial score (nSPS) is 18.2. The fourth-order valence-electron chi connectivity index (χ4n) is 3.09. The van der Waals surface area contributed by atoms with E-state index in [4.69, 9.17) is 9.72 Å². The van der Waals surface area contributed by atoms with Crippen LogP contribution in [-0.4, -0.2) is 35.4 Å². The molecule has 1 aromatic heterocycles. The molecule has 1 aliphatic rings. The van der Waals surface area contributed by atoms with Gasteiger partial charge in [0.05, 0.1) is 24.2 Å². The maximum atomic E-state index is 5.95. The second-order valence-corrected chi connectivity index (χ2v) is 7.23. The number of rotatable bonds is 4. The summed E-state index contributed by atoms with van der Waals surface area (Å²) in [5.41, 5.74) is 3.35. The summed E-state index contributed by atoms with van der Waals surface area (Å²) >= 11 is 1.85. The molecule has 0 aliphatic carbocycles. The van der Waals surface area contributed by atoms with Crippen LogP contribution in [0.1, 0.15) is 18.6 Å². The highest BCUT2D eigenvalue weighted by atomic mass is 32.2. The molecule has 1 aliphatic heterocycles. The van der Waals surface area contributed by atoms with Crippen molar-refractivity contribution in [1.82, 2.24) is 9.97 Å². The number of ether oxygens (including phenoxy) is 1. The van der Waals surface area contributed by atoms with Gasteiger partial charge in [-0.3, -0.25) is 0 Å². The molecule has 1 saturated heterocycles. The van der Waals surface area contributed by atoms with Crippen molar-refractivity contribution < 1.29 is 4.74 Å². The Hall–Kier alpha value is -1.98. The number of fused-ring (bicyclic) bond motifs is 1. The van der Waals surface area contributed by atoms with E-state index in [0.29, 0.717) is 6.61 Å². The van der Waals surface area contributed by atoms with Crippen molar-refractivity contribution in [2.75, 3.05) is 30.3 Å². The number of aromatic nitrogens is 2. The van der Waals surface area contributed by atoms with E-state index in [1.807, 2.05) is 17.8 Å². The zero-order valence-corrected chi connectivity index (χ0v) is 14.6. The molecule has 2 heterocycles. The molecule has 1 unspecified atom stereocenters. The molecule has 0 bridgehead atoms. The topological polar surface area (TPSA) is 41.2 Å². The molecule has 1 atom stereocenters. The van der Waals surface area contributed by atoms with Crippen molar-refractivity contribution in [3.05, 3.63) is 54.1 Å². The van der Waals surface area contributed by atoms with E-state index in [9.17, 15) is 0 Å². The molecule has 1 fully saturated rings. The summed E-state index contributed by atoms with van der Waals surface area (Å²) in [6.45, 7) is 4.57. The second-order valence-electron chi connectivity index (χ2n) is 5.89. The largest absolute Gasteiger partial charge is 0.370 e. The molecule has 0 saturated carbocycles. The van der Waals surface area contributed by atoms with Crippen molar-refractivity contribution in [2.24, 2.45) is 0 Å². The average Bonchev–Trinajstić information content (AvgIpc) is 3.06. The van der Waals surface area contributed by atoms with Gasteiger partial charge in [0, 0.05) is 11.4 Å². The minimum absolute atomic E-state index is 0.0966. The van der Waals surface area contributed by atoms with Crippen molar-refractivity contribution in [1.29, 1.82) is 0 Å². The van der Waals surface area contributed by atoms with Crippen LogP contribution in [0.2, 0.25) is 0 Å². The molecule has 124 valence electrons. The fraction of sp³-hybridized carbons (Fsp3) is 0.316. The summed E-state index contributed by atoms with van der Waals surface area (Å²) in [5.74, 6) is 2.02. The Morgan fingerprint density at radius 1 is 1.25 bits per heavy atom. The van der Waals surface area contributed by atoms with Gasteiger partial charge in [0.1, 0.15) is 6.10 Å². The lowest BCUT2D eigenvalue weighted by Gasteiger charge is -2.32. The Bertz CT molecular complexity index is 818. The number of benzene rings is 2. The molecular formula is C19H21N3OS. The van der Waals surface area contributed by atoms with Crippen LogP contribution >= 0.6 is 11.8 Å². The van der Waals surface area contributed by atoms with Gasteiger partial charge >= 0.3 is 0 Å². The molecule has 3 aromatic rings. The Morgan fingerprint density at radius 3 is 2.96 bits per heavy atom. The minimum atomic E-state index is 0.0966. The van der Waals surface area contributed by atoms with Gasteiger partial charge in [-0.2, -0.15) is 0 Å². The average molecular weight is 339 g/mol. The molecular weight excluding hydrogens is 318 g/mol. The predicted octanol–water partition coefficient (Wildman–Crippen LogP) is 4.25. The van der Waals surface area contributed by atoms with Crippen LogP contribution < -0.4 is 4.90 Å². The zero-order chi connectivity index (χ0) is 16.4. The Labute approximate surface area is 146 Å². The van der Waals surface area contributed by atoms with Crippen LogP contribution in [0.3, 0.4) is 0 Å². The summed E-state index contributed by atoms with van der Waals surface area (Å²) in [6, 6.07) is 16.8. The third kappa shape index (κ3) is 3.14.